The van der Waals surface area contributed by atoms with E-state index in [0.29, 0.717) is 6.61 Å². The van der Waals surface area contributed by atoms with Gasteiger partial charge in [-0.05, 0) is 47.3 Å². The second-order valence-electron chi connectivity index (χ2n) is 6.88. The maximum absolute atomic E-state index is 13.6. The highest BCUT2D eigenvalue weighted by atomic mass is 19.1. The predicted octanol–water partition coefficient (Wildman–Crippen LogP) is 3.96. The Bertz CT molecular complexity index is 979. The van der Waals surface area contributed by atoms with Gasteiger partial charge in [-0.25, -0.2) is 4.39 Å². The molecule has 4 rings (SSSR count). The molecule has 1 fully saturated rings. The molecule has 0 spiro atoms. The van der Waals surface area contributed by atoms with Crippen LogP contribution >= 0.6 is 0 Å². The number of halogens is 1. The zero-order chi connectivity index (χ0) is 19.5. The molecule has 3 aromatic rings. The number of nitrogens with zero attached hydrogens (tertiary/aromatic N) is 2. The summed E-state index contributed by atoms with van der Waals surface area (Å²) >= 11 is 0. The van der Waals surface area contributed by atoms with Gasteiger partial charge in [-0.3, -0.25) is 9.88 Å². The fourth-order valence-electron chi connectivity index (χ4n) is 3.57. The van der Waals surface area contributed by atoms with Gasteiger partial charge in [0.05, 0.1) is 26.5 Å². The minimum Gasteiger partial charge on any atom is -0.493 e. The van der Waals surface area contributed by atoms with Crippen LogP contribution in [0.15, 0.2) is 48.7 Å². The number of rotatable bonds is 5. The van der Waals surface area contributed by atoms with Crippen LogP contribution in [0.25, 0.3) is 10.8 Å². The van der Waals surface area contributed by atoms with Gasteiger partial charge < -0.3 is 14.2 Å². The fraction of sp³-hybridized carbons (Fsp3) is 0.318. The third-order valence-corrected chi connectivity index (χ3v) is 5.04. The molecular formula is C22H23FN2O3. The van der Waals surface area contributed by atoms with E-state index in [1.807, 2.05) is 24.3 Å². The largest absolute Gasteiger partial charge is 0.493 e. The topological polar surface area (TPSA) is 43.8 Å². The molecule has 1 aliphatic rings. The minimum absolute atomic E-state index is 0.137. The molecule has 28 heavy (non-hydrogen) atoms. The fourth-order valence-corrected chi connectivity index (χ4v) is 3.57. The molecule has 1 aromatic heterocycles. The Kier molecular flexibility index (Phi) is 5.41. The van der Waals surface area contributed by atoms with E-state index in [-0.39, 0.29) is 11.9 Å². The van der Waals surface area contributed by atoms with E-state index >= 15 is 0 Å². The predicted molar refractivity (Wildman–Crippen MR) is 105 cm³/mol. The lowest BCUT2D eigenvalue weighted by atomic mass is 10.1. The summed E-state index contributed by atoms with van der Waals surface area (Å²) in [6.07, 6.45) is 1.64. The smallest absolute Gasteiger partial charge is 0.161 e. The van der Waals surface area contributed by atoms with E-state index in [9.17, 15) is 4.39 Å². The van der Waals surface area contributed by atoms with E-state index < -0.39 is 0 Å². The van der Waals surface area contributed by atoms with Gasteiger partial charge in [0, 0.05) is 31.2 Å². The molecule has 5 nitrogen and oxygen atoms in total. The number of fused-ring (bicyclic) bond motifs is 1. The Morgan fingerprint density at radius 1 is 1.07 bits per heavy atom. The zero-order valence-corrected chi connectivity index (χ0v) is 16.0. The van der Waals surface area contributed by atoms with Crippen LogP contribution in [0.4, 0.5) is 4.39 Å². The van der Waals surface area contributed by atoms with E-state index in [2.05, 4.69) is 9.88 Å². The molecule has 6 heteroatoms. The molecule has 1 aliphatic heterocycles. The van der Waals surface area contributed by atoms with Crippen LogP contribution in [0.1, 0.15) is 17.4 Å². The summed E-state index contributed by atoms with van der Waals surface area (Å²) in [5.74, 6) is 1.20. The van der Waals surface area contributed by atoms with Crippen molar-refractivity contribution in [2.75, 3.05) is 33.9 Å². The van der Waals surface area contributed by atoms with Gasteiger partial charge in [0.2, 0.25) is 0 Å². The Hall–Kier alpha value is -2.70. The number of morpholine rings is 1. The Labute approximate surface area is 163 Å². The summed E-state index contributed by atoms with van der Waals surface area (Å²) in [6, 6.07) is 12.6. The second kappa shape index (κ2) is 8.12. The first-order valence-corrected chi connectivity index (χ1v) is 9.26. The van der Waals surface area contributed by atoms with Crippen molar-refractivity contribution in [3.8, 4) is 11.5 Å². The van der Waals surface area contributed by atoms with Crippen molar-refractivity contribution in [1.82, 2.24) is 9.88 Å². The summed E-state index contributed by atoms with van der Waals surface area (Å²) in [6.45, 7) is 2.97. The van der Waals surface area contributed by atoms with Crippen molar-refractivity contribution in [3.05, 3.63) is 65.7 Å². The van der Waals surface area contributed by atoms with E-state index in [1.165, 1.54) is 12.1 Å². The summed E-state index contributed by atoms with van der Waals surface area (Å²) < 4.78 is 30.2. The van der Waals surface area contributed by atoms with Crippen molar-refractivity contribution in [2.45, 2.75) is 12.6 Å². The molecule has 0 radical (unpaired) electrons. The molecule has 0 N–H and O–H groups in total. The third-order valence-electron chi connectivity index (χ3n) is 5.04. The standard InChI is InChI=1S/C22H23FN2O3/c1-26-20-6-3-15(9-21(20)27-2)13-25-7-8-28-22(14-25)19-11-17-10-18(23)5-4-16(17)12-24-19/h3-6,9-12,22H,7-8,13-14H2,1-2H3/t22-/m1/s1. The molecule has 146 valence electrons. The zero-order valence-electron chi connectivity index (χ0n) is 16.0. The van der Waals surface area contributed by atoms with Crippen molar-refractivity contribution in [2.24, 2.45) is 0 Å². The lowest BCUT2D eigenvalue weighted by molar-refractivity contribution is -0.0349. The highest BCUT2D eigenvalue weighted by molar-refractivity contribution is 5.82. The van der Waals surface area contributed by atoms with Crippen molar-refractivity contribution in [1.29, 1.82) is 0 Å². The highest BCUT2D eigenvalue weighted by Gasteiger charge is 2.23. The molecule has 2 heterocycles. The lowest BCUT2D eigenvalue weighted by Gasteiger charge is -2.32. The van der Waals surface area contributed by atoms with Gasteiger partial charge >= 0.3 is 0 Å². The molecule has 0 aliphatic carbocycles. The molecule has 2 aromatic carbocycles. The quantitative estimate of drug-likeness (QED) is 0.668. The summed E-state index contributed by atoms with van der Waals surface area (Å²) in [7, 11) is 3.27. The average molecular weight is 382 g/mol. The van der Waals surface area contributed by atoms with Crippen LogP contribution in [-0.2, 0) is 11.3 Å². The third kappa shape index (κ3) is 3.93. The monoisotopic (exact) mass is 382 g/mol. The Morgan fingerprint density at radius 2 is 1.93 bits per heavy atom. The van der Waals surface area contributed by atoms with Crippen LogP contribution in [0.2, 0.25) is 0 Å². The molecule has 0 bridgehead atoms. The van der Waals surface area contributed by atoms with Gasteiger partial charge in [-0.1, -0.05) is 6.07 Å². The van der Waals surface area contributed by atoms with Gasteiger partial charge in [0.25, 0.3) is 0 Å². The van der Waals surface area contributed by atoms with E-state index in [4.69, 9.17) is 14.2 Å². The van der Waals surface area contributed by atoms with Crippen molar-refractivity contribution >= 4 is 10.8 Å². The molecular weight excluding hydrogens is 359 g/mol. The Morgan fingerprint density at radius 3 is 2.75 bits per heavy atom. The number of hydrogen-bond acceptors (Lipinski definition) is 5. The summed E-state index contributed by atoms with van der Waals surface area (Å²) in [5, 5.41) is 1.76. The van der Waals surface area contributed by atoms with Gasteiger partial charge in [-0.2, -0.15) is 0 Å². The van der Waals surface area contributed by atoms with E-state index in [0.717, 1.165) is 53.2 Å². The molecule has 0 unspecified atom stereocenters. The van der Waals surface area contributed by atoms with Crippen LogP contribution in [0.3, 0.4) is 0 Å². The first kappa shape index (κ1) is 18.7. The lowest BCUT2D eigenvalue weighted by Crippen LogP contribution is -2.38. The number of methoxy groups -OCH3 is 2. The maximum atomic E-state index is 13.6. The second-order valence-corrected chi connectivity index (χ2v) is 6.88. The maximum Gasteiger partial charge on any atom is 0.161 e. The molecule has 0 amide bonds. The first-order chi connectivity index (χ1) is 13.7. The molecule has 0 saturated carbocycles. The van der Waals surface area contributed by atoms with Crippen LogP contribution < -0.4 is 9.47 Å². The number of pyridine rings is 1. The van der Waals surface area contributed by atoms with Crippen LogP contribution in [0, 0.1) is 5.82 Å². The normalized spacial score (nSPS) is 17.6. The molecule has 1 atom stereocenters. The van der Waals surface area contributed by atoms with Crippen molar-refractivity contribution in [3.63, 3.8) is 0 Å². The summed E-state index contributed by atoms with van der Waals surface area (Å²) in [4.78, 5) is 6.87. The highest BCUT2D eigenvalue weighted by Crippen LogP contribution is 2.29. The SMILES string of the molecule is COc1ccc(CN2CCO[C@@H](c3cc4cc(F)ccc4cn3)C2)cc1OC. The van der Waals surface area contributed by atoms with Gasteiger partial charge in [0.15, 0.2) is 11.5 Å². The molecule has 1 saturated heterocycles. The summed E-state index contributed by atoms with van der Waals surface area (Å²) in [5.41, 5.74) is 1.97. The van der Waals surface area contributed by atoms with Gasteiger partial charge in [0.1, 0.15) is 11.9 Å². The first-order valence-electron chi connectivity index (χ1n) is 9.26. The number of aromatic nitrogens is 1. The van der Waals surface area contributed by atoms with Crippen LogP contribution in [0.5, 0.6) is 11.5 Å². The Balaban J connectivity index is 1.50. The van der Waals surface area contributed by atoms with E-state index in [1.54, 1.807) is 26.5 Å². The number of ether oxygens (including phenoxy) is 3. The average Bonchev–Trinajstić information content (AvgIpc) is 2.73. The minimum atomic E-state index is -0.246. The van der Waals surface area contributed by atoms with Crippen LogP contribution in [-0.4, -0.2) is 43.8 Å². The van der Waals surface area contributed by atoms with Crippen molar-refractivity contribution < 1.29 is 18.6 Å². The number of hydrogen-bond donors (Lipinski definition) is 0. The van der Waals surface area contributed by atoms with Gasteiger partial charge in [-0.15, -0.1) is 0 Å². The number of benzene rings is 2.